The zero-order valence-corrected chi connectivity index (χ0v) is 20.0. The lowest BCUT2D eigenvalue weighted by molar-refractivity contribution is -0.120. The second kappa shape index (κ2) is 10.2. The normalized spacial score (nSPS) is 15.2. The van der Waals surface area contributed by atoms with Crippen molar-refractivity contribution >= 4 is 21.6 Å². The van der Waals surface area contributed by atoms with E-state index in [9.17, 15) is 13.2 Å². The van der Waals surface area contributed by atoms with Crippen molar-refractivity contribution in [1.82, 2.24) is 5.32 Å². The van der Waals surface area contributed by atoms with Gasteiger partial charge in [0, 0.05) is 0 Å². The molecule has 1 unspecified atom stereocenters. The number of hydrogen-bond acceptors (Lipinski definition) is 5. The van der Waals surface area contributed by atoms with Crippen LogP contribution in [0.2, 0.25) is 0 Å². The van der Waals surface area contributed by atoms with Crippen molar-refractivity contribution in [2.24, 2.45) is 0 Å². The van der Waals surface area contributed by atoms with Gasteiger partial charge in [-0.3, -0.25) is 9.10 Å². The average Bonchev–Trinajstić information content (AvgIpc) is 2.87. The quantitative estimate of drug-likeness (QED) is 0.525. The van der Waals surface area contributed by atoms with Gasteiger partial charge in [0.05, 0.1) is 30.8 Å². The Bertz CT molecular complexity index is 1260. The molecule has 0 heterocycles. The zero-order chi connectivity index (χ0) is 24.1. The zero-order valence-electron chi connectivity index (χ0n) is 19.2. The number of methoxy groups -OCH3 is 2. The van der Waals surface area contributed by atoms with Crippen LogP contribution in [0.3, 0.4) is 0 Å². The average molecular weight is 481 g/mol. The van der Waals surface area contributed by atoms with E-state index in [1.807, 2.05) is 18.2 Å². The van der Waals surface area contributed by atoms with Crippen LogP contribution in [0.1, 0.15) is 30.0 Å². The molecule has 3 aromatic rings. The van der Waals surface area contributed by atoms with E-state index in [4.69, 9.17) is 9.47 Å². The largest absolute Gasteiger partial charge is 0.497 e. The molecule has 0 spiro atoms. The summed E-state index contributed by atoms with van der Waals surface area (Å²) in [6, 6.07) is 20.7. The summed E-state index contributed by atoms with van der Waals surface area (Å²) in [5.74, 6) is 0.511. The Kier molecular flexibility index (Phi) is 7.07. The van der Waals surface area contributed by atoms with E-state index in [1.54, 1.807) is 36.4 Å². The van der Waals surface area contributed by atoms with Gasteiger partial charge in [0.2, 0.25) is 5.91 Å². The van der Waals surface area contributed by atoms with Gasteiger partial charge in [-0.1, -0.05) is 36.4 Å². The maximum absolute atomic E-state index is 13.7. The Labute approximate surface area is 200 Å². The number of nitrogens with one attached hydrogen (secondary N) is 1. The second-order valence-corrected chi connectivity index (χ2v) is 9.93. The fraction of sp³-hybridized carbons (Fsp3) is 0.269. The number of nitrogens with zero attached hydrogens (tertiary/aromatic N) is 1. The highest BCUT2D eigenvalue weighted by atomic mass is 32.2. The summed E-state index contributed by atoms with van der Waals surface area (Å²) in [5.41, 5.74) is 2.59. The molecule has 1 amide bonds. The summed E-state index contributed by atoms with van der Waals surface area (Å²) in [7, 11) is -1.09. The van der Waals surface area contributed by atoms with Crippen LogP contribution >= 0.6 is 0 Å². The van der Waals surface area contributed by atoms with Crippen LogP contribution in [0.4, 0.5) is 5.69 Å². The number of hydrogen-bond donors (Lipinski definition) is 1. The SMILES string of the molecule is COc1ccc(S(=O)(=O)N(CC(=O)NC2CCCc3ccccc32)c2ccccc2OC)cc1. The molecule has 0 saturated heterocycles. The van der Waals surface area contributed by atoms with Crippen LogP contribution in [0.25, 0.3) is 0 Å². The standard InChI is InChI=1S/C26H28N2O5S/c1-32-20-14-16-21(17-15-20)34(30,31)28(24-12-5-6-13-25(24)33-2)18-26(29)27-23-11-7-9-19-8-3-4-10-22(19)23/h3-6,8,10,12-17,23H,7,9,11,18H2,1-2H3,(H,27,29). The number of amides is 1. The predicted molar refractivity (Wildman–Crippen MR) is 131 cm³/mol. The van der Waals surface area contributed by atoms with Gasteiger partial charge in [-0.25, -0.2) is 8.42 Å². The van der Waals surface area contributed by atoms with Crippen molar-refractivity contribution in [1.29, 1.82) is 0 Å². The molecule has 4 rings (SSSR count). The monoisotopic (exact) mass is 480 g/mol. The lowest BCUT2D eigenvalue weighted by Gasteiger charge is -2.29. The van der Waals surface area contributed by atoms with E-state index < -0.39 is 10.0 Å². The van der Waals surface area contributed by atoms with Gasteiger partial charge in [-0.15, -0.1) is 0 Å². The van der Waals surface area contributed by atoms with E-state index in [2.05, 4.69) is 11.4 Å². The van der Waals surface area contributed by atoms with E-state index in [1.165, 1.54) is 31.9 Å². The number of rotatable bonds is 8. The number of carbonyl (C=O) groups excluding carboxylic acids is 1. The fourth-order valence-electron chi connectivity index (χ4n) is 4.28. The first-order valence-electron chi connectivity index (χ1n) is 11.1. The third-order valence-corrected chi connectivity index (χ3v) is 7.77. The first-order valence-corrected chi connectivity index (χ1v) is 12.5. The fourth-order valence-corrected chi connectivity index (χ4v) is 5.72. The third kappa shape index (κ3) is 4.87. The van der Waals surface area contributed by atoms with Gasteiger partial charge in [0.1, 0.15) is 18.0 Å². The Morgan fingerprint density at radius 1 is 0.971 bits per heavy atom. The summed E-state index contributed by atoms with van der Waals surface area (Å²) in [4.78, 5) is 13.3. The van der Waals surface area contributed by atoms with Crippen molar-refractivity contribution in [2.45, 2.75) is 30.2 Å². The number of benzene rings is 3. The maximum Gasteiger partial charge on any atom is 0.264 e. The smallest absolute Gasteiger partial charge is 0.264 e. The minimum absolute atomic E-state index is 0.0509. The number of para-hydroxylation sites is 2. The number of sulfonamides is 1. The second-order valence-electron chi connectivity index (χ2n) is 8.07. The Balaban J connectivity index is 1.66. The van der Waals surface area contributed by atoms with Crippen LogP contribution in [0.15, 0.2) is 77.7 Å². The minimum Gasteiger partial charge on any atom is -0.497 e. The maximum atomic E-state index is 13.7. The molecule has 1 atom stereocenters. The third-order valence-electron chi connectivity index (χ3n) is 5.99. The Hall–Kier alpha value is -3.52. The van der Waals surface area contributed by atoms with Crippen molar-refractivity contribution in [3.63, 3.8) is 0 Å². The highest BCUT2D eigenvalue weighted by Crippen LogP contribution is 2.33. The summed E-state index contributed by atoms with van der Waals surface area (Å²) in [6.45, 7) is -0.382. The molecule has 1 aliphatic rings. The molecule has 1 aliphatic carbocycles. The predicted octanol–water partition coefficient (Wildman–Crippen LogP) is 4.09. The number of anilines is 1. The topological polar surface area (TPSA) is 84.9 Å². The van der Waals surface area contributed by atoms with E-state index >= 15 is 0 Å². The molecular formula is C26H28N2O5S. The molecular weight excluding hydrogens is 452 g/mol. The molecule has 7 nitrogen and oxygen atoms in total. The molecule has 0 fully saturated rings. The molecule has 34 heavy (non-hydrogen) atoms. The van der Waals surface area contributed by atoms with Crippen molar-refractivity contribution in [2.75, 3.05) is 25.1 Å². The molecule has 3 aromatic carbocycles. The molecule has 8 heteroatoms. The number of carbonyl (C=O) groups is 1. The molecule has 1 N–H and O–H groups in total. The molecule has 0 saturated carbocycles. The highest BCUT2D eigenvalue weighted by molar-refractivity contribution is 7.92. The van der Waals surface area contributed by atoms with Crippen LogP contribution < -0.4 is 19.1 Å². The molecule has 0 bridgehead atoms. The summed E-state index contributed by atoms with van der Waals surface area (Å²) in [6.07, 6.45) is 2.74. The van der Waals surface area contributed by atoms with E-state index in [-0.39, 0.29) is 23.4 Å². The van der Waals surface area contributed by atoms with Crippen LogP contribution in [0.5, 0.6) is 11.5 Å². The van der Waals surface area contributed by atoms with Gasteiger partial charge in [0.15, 0.2) is 0 Å². The highest BCUT2D eigenvalue weighted by Gasteiger charge is 2.30. The molecule has 0 aliphatic heterocycles. The van der Waals surface area contributed by atoms with Gasteiger partial charge in [-0.05, 0) is 66.8 Å². The van der Waals surface area contributed by atoms with Crippen molar-refractivity contribution < 1.29 is 22.7 Å². The number of aryl methyl sites for hydroxylation is 1. The molecule has 178 valence electrons. The molecule has 0 radical (unpaired) electrons. The van der Waals surface area contributed by atoms with Crippen molar-refractivity contribution in [3.8, 4) is 11.5 Å². The summed E-state index contributed by atoms with van der Waals surface area (Å²) >= 11 is 0. The lowest BCUT2D eigenvalue weighted by atomic mass is 9.88. The molecule has 0 aromatic heterocycles. The van der Waals surface area contributed by atoms with Gasteiger partial charge in [0.25, 0.3) is 10.0 Å². The lowest BCUT2D eigenvalue weighted by Crippen LogP contribution is -2.42. The van der Waals surface area contributed by atoms with Crippen LogP contribution in [0, 0.1) is 0 Å². The van der Waals surface area contributed by atoms with Gasteiger partial charge < -0.3 is 14.8 Å². The number of fused-ring (bicyclic) bond motifs is 1. The van der Waals surface area contributed by atoms with E-state index in [0.717, 1.165) is 29.1 Å². The van der Waals surface area contributed by atoms with Gasteiger partial charge in [-0.2, -0.15) is 0 Å². The Morgan fingerprint density at radius 3 is 2.41 bits per heavy atom. The van der Waals surface area contributed by atoms with Gasteiger partial charge >= 0.3 is 0 Å². The Morgan fingerprint density at radius 2 is 1.68 bits per heavy atom. The van der Waals surface area contributed by atoms with Crippen molar-refractivity contribution in [3.05, 3.63) is 83.9 Å². The minimum atomic E-state index is -4.07. The number of ether oxygens (including phenoxy) is 2. The van der Waals surface area contributed by atoms with E-state index in [0.29, 0.717) is 17.2 Å². The first kappa shape index (κ1) is 23.6. The van der Waals surface area contributed by atoms with Crippen LogP contribution in [-0.2, 0) is 21.2 Å². The first-order chi connectivity index (χ1) is 16.4. The summed E-state index contributed by atoms with van der Waals surface area (Å²) < 4.78 is 39.0. The van der Waals surface area contributed by atoms with Crippen LogP contribution in [-0.4, -0.2) is 35.1 Å². The summed E-state index contributed by atoms with van der Waals surface area (Å²) in [5, 5.41) is 3.05.